The van der Waals surface area contributed by atoms with Crippen LogP contribution >= 0.6 is 0 Å². The van der Waals surface area contributed by atoms with Gasteiger partial charge in [-0.3, -0.25) is 0 Å². The molecule has 6 nitrogen and oxygen atoms in total. The minimum atomic E-state index is -4.49. The summed E-state index contributed by atoms with van der Waals surface area (Å²) in [6.45, 7) is 3.00. The zero-order valence-electron chi connectivity index (χ0n) is 21.8. The summed E-state index contributed by atoms with van der Waals surface area (Å²) in [5.41, 5.74) is -0.0715. The van der Waals surface area contributed by atoms with Gasteiger partial charge in [0.2, 0.25) is 0 Å². The lowest BCUT2D eigenvalue weighted by molar-refractivity contribution is -0.138. The Morgan fingerprint density at radius 1 is 0.805 bits per heavy atom. The van der Waals surface area contributed by atoms with E-state index in [0.29, 0.717) is 22.4 Å². The number of rotatable bonds is 9. The van der Waals surface area contributed by atoms with Gasteiger partial charge in [0, 0.05) is 0 Å². The van der Waals surface area contributed by atoms with E-state index in [9.17, 15) is 31.1 Å². The average molecular weight is 579 g/mol. The van der Waals surface area contributed by atoms with Gasteiger partial charge in [0.15, 0.2) is 11.5 Å². The first-order valence-corrected chi connectivity index (χ1v) is 12.3. The Morgan fingerprint density at radius 2 is 1.34 bits per heavy atom. The number of carbonyl (C=O) groups is 1. The molecule has 12 heteroatoms. The smallest absolute Gasteiger partial charge is 0.416 e. The van der Waals surface area contributed by atoms with Crippen LogP contribution in [-0.2, 0) is 30.3 Å². The number of aromatic nitrogens is 2. The molecule has 4 aromatic rings. The van der Waals surface area contributed by atoms with Gasteiger partial charge >= 0.3 is 18.3 Å². The Morgan fingerprint density at radius 3 is 1.88 bits per heavy atom. The number of aryl methyl sites for hydroxylation is 1. The zero-order chi connectivity index (χ0) is 29.8. The van der Waals surface area contributed by atoms with Gasteiger partial charge in [-0.15, -0.1) is 0 Å². The molecule has 3 aromatic carbocycles. The number of alkyl halides is 6. The summed E-state index contributed by atoms with van der Waals surface area (Å²) in [7, 11) is 0. The van der Waals surface area contributed by atoms with Crippen molar-refractivity contribution in [2.75, 3.05) is 6.61 Å². The number of para-hydroxylation sites is 1. The summed E-state index contributed by atoms with van der Waals surface area (Å²) in [5.74, 6) is -0.271. The summed E-state index contributed by atoms with van der Waals surface area (Å²) >= 11 is 0. The summed E-state index contributed by atoms with van der Waals surface area (Å²) in [6, 6.07) is 15.5. The van der Waals surface area contributed by atoms with E-state index >= 15 is 0 Å². The molecule has 0 spiro atoms. The molecule has 216 valence electrons. The molecule has 0 N–H and O–H groups in total. The molecule has 0 bridgehead atoms. The predicted molar refractivity (Wildman–Crippen MR) is 136 cm³/mol. The minimum absolute atomic E-state index is 0.0219. The molecule has 41 heavy (non-hydrogen) atoms. The first-order valence-electron chi connectivity index (χ1n) is 12.3. The first-order chi connectivity index (χ1) is 19.4. The van der Waals surface area contributed by atoms with Gasteiger partial charge < -0.3 is 14.3 Å². The van der Waals surface area contributed by atoms with Crippen molar-refractivity contribution >= 4 is 5.97 Å². The van der Waals surface area contributed by atoms with Crippen LogP contribution in [0.5, 0.6) is 5.75 Å². The predicted octanol–water partition coefficient (Wildman–Crippen LogP) is 7.28. The van der Waals surface area contributed by atoms with E-state index in [1.54, 1.807) is 38.1 Å². The third-order valence-electron chi connectivity index (χ3n) is 5.93. The highest BCUT2D eigenvalue weighted by Crippen LogP contribution is 2.33. The van der Waals surface area contributed by atoms with Gasteiger partial charge in [0.25, 0.3) is 0 Å². The number of ether oxygens (including phenoxy) is 2. The molecule has 4 rings (SSSR count). The molecule has 0 saturated heterocycles. The normalized spacial score (nSPS) is 11.8. The van der Waals surface area contributed by atoms with E-state index in [-0.39, 0.29) is 37.0 Å². The Labute approximate surface area is 231 Å². The van der Waals surface area contributed by atoms with Crippen molar-refractivity contribution in [2.45, 2.75) is 39.4 Å². The lowest BCUT2D eigenvalue weighted by Gasteiger charge is -2.16. The maximum Gasteiger partial charge on any atom is 0.416 e. The van der Waals surface area contributed by atoms with Crippen LogP contribution in [0.1, 0.15) is 45.4 Å². The van der Waals surface area contributed by atoms with Crippen molar-refractivity contribution < 1.29 is 45.4 Å². The number of esters is 1. The van der Waals surface area contributed by atoms with Gasteiger partial charge in [-0.2, -0.15) is 31.1 Å². The number of hydrogen-bond acceptors (Lipinski definition) is 5. The molecular formula is C29H24F6N2O4. The van der Waals surface area contributed by atoms with Gasteiger partial charge in [0.1, 0.15) is 19.0 Å². The monoisotopic (exact) mass is 578 g/mol. The highest BCUT2D eigenvalue weighted by Gasteiger charge is 2.31. The zero-order valence-corrected chi connectivity index (χ0v) is 21.8. The number of nitrogens with zero attached hydrogens (tertiary/aromatic N) is 2. The number of carbonyl (C=O) groups excluding carboxylic acids is 1. The first kappa shape index (κ1) is 29.5. The lowest BCUT2D eigenvalue weighted by Crippen LogP contribution is -2.20. The SMILES string of the molecule is CCOC(=O)c1c(C)nc(-c2ccccc2OCc2ccc(C(F)(F)F)cc2)n1OCc1ccc(C(F)(F)F)cc1. The van der Waals surface area contributed by atoms with E-state index in [2.05, 4.69) is 4.98 Å². The lowest BCUT2D eigenvalue weighted by atomic mass is 10.1. The molecule has 0 aliphatic rings. The van der Waals surface area contributed by atoms with E-state index < -0.39 is 29.4 Å². The van der Waals surface area contributed by atoms with Crippen LogP contribution in [0.3, 0.4) is 0 Å². The number of imidazole rings is 1. The number of hydrogen-bond donors (Lipinski definition) is 0. The van der Waals surface area contributed by atoms with Crippen molar-refractivity contribution in [3.63, 3.8) is 0 Å². The third-order valence-corrected chi connectivity index (χ3v) is 5.93. The summed E-state index contributed by atoms with van der Waals surface area (Å²) < 4.78 is 89.7. The molecular weight excluding hydrogens is 554 g/mol. The van der Waals surface area contributed by atoms with Gasteiger partial charge in [-0.1, -0.05) is 36.4 Å². The van der Waals surface area contributed by atoms with Crippen LogP contribution in [0, 0.1) is 6.92 Å². The van der Waals surface area contributed by atoms with Crippen molar-refractivity contribution in [1.29, 1.82) is 0 Å². The molecule has 0 radical (unpaired) electrons. The molecule has 0 aliphatic heterocycles. The van der Waals surface area contributed by atoms with Crippen molar-refractivity contribution in [2.24, 2.45) is 0 Å². The molecule has 0 saturated carbocycles. The van der Waals surface area contributed by atoms with E-state index in [1.807, 2.05) is 0 Å². The Balaban J connectivity index is 1.64. The van der Waals surface area contributed by atoms with Crippen molar-refractivity contribution in [1.82, 2.24) is 9.71 Å². The fourth-order valence-corrected chi connectivity index (χ4v) is 3.89. The summed E-state index contributed by atoms with van der Waals surface area (Å²) in [5, 5.41) is 0. The minimum Gasteiger partial charge on any atom is -0.488 e. The Hall–Kier alpha value is -4.48. The molecule has 0 aliphatic carbocycles. The number of halogens is 6. The van der Waals surface area contributed by atoms with E-state index in [4.69, 9.17) is 14.3 Å². The van der Waals surface area contributed by atoms with Crippen LogP contribution in [-0.4, -0.2) is 22.3 Å². The highest BCUT2D eigenvalue weighted by atomic mass is 19.4. The standard InChI is InChI=1S/C29H24F6N2O4/c1-3-39-27(38)25-18(2)36-26(37(25)41-17-20-10-14-22(15-11-20)29(33,34)35)23-6-4-5-7-24(23)40-16-19-8-12-21(13-9-19)28(30,31)32/h4-15H,3,16-17H2,1-2H3. The number of benzene rings is 3. The second kappa shape index (κ2) is 11.9. The maximum absolute atomic E-state index is 12.9. The van der Waals surface area contributed by atoms with Gasteiger partial charge in [0.05, 0.1) is 29.0 Å². The van der Waals surface area contributed by atoms with Crippen LogP contribution < -0.4 is 9.57 Å². The molecule has 1 aromatic heterocycles. The van der Waals surface area contributed by atoms with Crippen molar-refractivity contribution in [3.05, 3.63) is 106 Å². The quantitative estimate of drug-likeness (QED) is 0.154. The average Bonchev–Trinajstić information content (AvgIpc) is 3.26. The van der Waals surface area contributed by atoms with Crippen LogP contribution in [0.2, 0.25) is 0 Å². The molecule has 1 heterocycles. The maximum atomic E-state index is 12.9. The van der Waals surface area contributed by atoms with Crippen molar-refractivity contribution in [3.8, 4) is 17.1 Å². The van der Waals surface area contributed by atoms with Gasteiger partial charge in [-0.25, -0.2) is 9.78 Å². The summed E-state index contributed by atoms with van der Waals surface area (Å²) in [4.78, 5) is 23.2. The van der Waals surface area contributed by atoms with Crippen LogP contribution in [0.25, 0.3) is 11.4 Å². The Bertz CT molecular complexity index is 1490. The fraction of sp³-hybridized carbons (Fsp3) is 0.241. The fourth-order valence-electron chi connectivity index (χ4n) is 3.89. The Kier molecular flexibility index (Phi) is 8.60. The second-order valence-electron chi connectivity index (χ2n) is 8.83. The third kappa shape index (κ3) is 7.00. The highest BCUT2D eigenvalue weighted by molar-refractivity contribution is 5.90. The van der Waals surface area contributed by atoms with E-state index in [1.165, 1.54) is 24.3 Å². The van der Waals surface area contributed by atoms with E-state index in [0.717, 1.165) is 29.0 Å². The van der Waals surface area contributed by atoms with Crippen LogP contribution in [0.4, 0.5) is 26.3 Å². The largest absolute Gasteiger partial charge is 0.488 e. The molecule has 0 unspecified atom stereocenters. The summed E-state index contributed by atoms with van der Waals surface area (Å²) in [6.07, 6.45) is -8.95. The molecule has 0 atom stereocenters. The molecule has 0 amide bonds. The van der Waals surface area contributed by atoms with Gasteiger partial charge in [-0.05, 0) is 61.4 Å². The molecule has 0 fully saturated rings. The topological polar surface area (TPSA) is 62.6 Å². The second-order valence-corrected chi connectivity index (χ2v) is 8.83. The van der Waals surface area contributed by atoms with Crippen LogP contribution in [0.15, 0.2) is 72.8 Å².